The molecule has 0 aliphatic carbocycles. The first kappa shape index (κ1) is 11.3. The molecule has 0 unspecified atom stereocenters. The molecular formula is C7H12N2O4. The van der Waals surface area contributed by atoms with Crippen LogP contribution in [0.2, 0.25) is 0 Å². The van der Waals surface area contributed by atoms with E-state index in [0.717, 1.165) is 6.08 Å². The molecule has 0 aliphatic heterocycles. The van der Waals surface area contributed by atoms with Crippen LogP contribution in [0.5, 0.6) is 0 Å². The van der Waals surface area contributed by atoms with Crippen LogP contribution in [-0.4, -0.2) is 25.3 Å². The van der Waals surface area contributed by atoms with Gasteiger partial charge < -0.3 is 20.9 Å². The third kappa shape index (κ3) is 6.67. The summed E-state index contributed by atoms with van der Waals surface area (Å²) in [6, 6.07) is 0. The Morgan fingerprint density at radius 1 is 1.31 bits per heavy atom. The molecule has 0 bridgehead atoms. The molecule has 0 heterocycles. The van der Waals surface area contributed by atoms with Crippen LogP contribution in [0.15, 0.2) is 11.8 Å². The molecule has 6 nitrogen and oxygen atoms in total. The monoisotopic (exact) mass is 188 g/mol. The van der Waals surface area contributed by atoms with E-state index in [1.807, 2.05) is 0 Å². The predicted molar refractivity (Wildman–Crippen MR) is 44.4 cm³/mol. The highest BCUT2D eigenvalue weighted by Gasteiger charge is 2.00. The fourth-order valence-corrected chi connectivity index (χ4v) is 0.531. The normalized spacial score (nSPS) is 10.7. The Labute approximate surface area is 75.5 Å². The summed E-state index contributed by atoms with van der Waals surface area (Å²) in [5.41, 5.74) is 10.0. The molecule has 0 aromatic rings. The zero-order chi connectivity index (χ0) is 10.3. The summed E-state index contributed by atoms with van der Waals surface area (Å²) in [6.07, 6.45) is 0.0899. The van der Waals surface area contributed by atoms with Gasteiger partial charge in [0.05, 0.1) is 12.3 Å². The lowest BCUT2D eigenvalue weighted by Crippen LogP contribution is -2.18. The summed E-state index contributed by atoms with van der Waals surface area (Å²) in [6.45, 7) is 1.72. The van der Waals surface area contributed by atoms with Crippen molar-refractivity contribution in [2.45, 2.75) is 6.92 Å². The maximum absolute atomic E-state index is 10.7. The lowest BCUT2D eigenvalue weighted by Gasteiger charge is -2.01. The number of carbonyl (C=O) groups excluding carboxylic acids is 2. The second kappa shape index (κ2) is 5.87. The molecule has 0 saturated heterocycles. The van der Waals surface area contributed by atoms with Gasteiger partial charge in [-0.05, 0) is 6.92 Å². The van der Waals surface area contributed by atoms with Gasteiger partial charge in [-0.3, -0.25) is 0 Å². The highest BCUT2D eigenvalue weighted by molar-refractivity contribution is 5.82. The highest BCUT2D eigenvalue weighted by Crippen LogP contribution is 1.88. The number of hydrogen-bond donors (Lipinski definition) is 2. The van der Waals surface area contributed by atoms with Crippen molar-refractivity contribution in [1.29, 1.82) is 0 Å². The Kier molecular flexibility index (Phi) is 5.09. The van der Waals surface area contributed by atoms with E-state index in [1.165, 1.54) is 0 Å². The minimum atomic E-state index is -0.944. The average molecular weight is 188 g/mol. The standard InChI is InChI=1S/C7H12N2O4/c1-2-12-6(10)3-5(8)4-13-7(9)11/h3H,2,4,8H2,1H3,(H2,9,11). The van der Waals surface area contributed by atoms with Crippen LogP contribution in [0, 0.1) is 0 Å². The fraction of sp³-hybridized carbons (Fsp3) is 0.429. The Bertz CT molecular complexity index is 225. The van der Waals surface area contributed by atoms with Crippen molar-refractivity contribution in [3.05, 3.63) is 11.8 Å². The van der Waals surface area contributed by atoms with E-state index in [4.69, 9.17) is 5.73 Å². The molecule has 0 rings (SSSR count). The van der Waals surface area contributed by atoms with E-state index in [0.29, 0.717) is 0 Å². The molecule has 4 N–H and O–H groups in total. The molecule has 74 valence electrons. The first-order chi connectivity index (χ1) is 6.06. The van der Waals surface area contributed by atoms with E-state index in [9.17, 15) is 9.59 Å². The quantitative estimate of drug-likeness (QED) is 0.456. The molecule has 0 aromatic heterocycles. The van der Waals surface area contributed by atoms with Gasteiger partial charge in [0, 0.05) is 6.08 Å². The van der Waals surface area contributed by atoms with Crippen LogP contribution in [-0.2, 0) is 14.3 Å². The largest absolute Gasteiger partial charge is 0.463 e. The minimum absolute atomic E-state index is 0.0808. The van der Waals surface area contributed by atoms with Gasteiger partial charge in [-0.15, -0.1) is 0 Å². The summed E-state index contributed by atoms with van der Waals surface area (Å²) in [5.74, 6) is -0.576. The minimum Gasteiger partial charge on any atom is -0.463 e. The van der Waals surface area contributed by atoms with Crippen molar-refractivity contribution < 1.29 is 19.1 Å². The van der Waals surface area contributed by atoms with Crippen molar-refractivity contribution in [2.75, 3.05) is 13.2 Å². The highest BCUT2D eigenvalue weighted by atomic mass is 16.5. The number of nitrogens with two attached hydrogens (primary N) is 2. The number of esters is 1. The van der Waals surface area contributed by atoms with Gasteiger partial charge in [0.1, 0.15) is 6.61 Å². The fourth-order valence-electron chi connectivity index (χ4n) is 0.531. The Hall–Kier alpha value is -1.72. The number of hydrogen-bond acceptors (Lipinski definition) is 5. The number of primary amides is 1. The molecule has 13 heavy (non-hydrogen) atoms. The van der Waals surface area contributed by atoms with E-state index in [2.05, 4.69) is 15.2 Å². The van der Waals surface area contributed by atoms with E-state index < -0.39 is 12.1 Å². The zero-order valence-electron chi connectivity index (χ0n) is 7.28. The van der Waals surface area contributed by atoms with Gasteiger partial charge in [0.25, 0.3) is 0 Å². The van der Waals surface area contributed by atoms with Gasteiger partial charge >= 0.3 is 12.1 Å². The second-order valence-corrected chi connectivity index (χ2v) is 2.08. The van der Waals surface area contributed by atoms with Crippen LogP contribution in [0.1, 0.15) is 6.92 Å². The lowest BCUT2D eigenvalue weighted by atomic mass is 10.4. The van der Waals surface area contributed by atoms with Gasteiger partial charge in [0.2, 0.25) is 0 Å². The summed E-state index contributed by atoms with van der Waals surface area (Å²) in [5, 5.41) is 0. The molecule has 6 heteroatoms. The Morgan fingerprint density at radius 2 is 1.92 bits per heavy atom. The Morgan fingerprint density at radius 3 is 2.38 bits per heavy atom. The molecular weight excluding hydrogens is 176 g/mol. The van der Waals surface area contributed by atoms with Gasteiger partial charge in [-0.25, -0.2) is 9.59 Å². The number of rotatable bonds is 4. The first-order valence-electron chi connectivity index (χ1n) is 3.61. The third-order valence-corrected chi connectivity index (χ3v) is 0.971. The smallest absolute Gasteiger partial charge is 0.404 e. The molecule has 0 atom stereocenters. The van der Waals surface area contributed by atoms with Crippen LogP contribution in [0.25, 0.3) is 0 Å². The van der Waals surface area contributed by atoms with Gasteiger partial charge in [-0.1, -0.05) is 0 Å². The third-order valence-electron chi connectivity index (χ3n) is 0.971. The summed E-state index contributed by atoms with van der Waals surface area (Å²) in [4.78, 5) is 20.9. The Balaban J connectivity index is 3.87. The van der Waals surface area contributed by atoms with E-state index in [1.54, 1.807) is 6.92 Å². The van der Waals surface area contributed by atoms with Gasteiger partial charge in [0.15, 0.2) is 0 Å². The van der Waals surface area contributed by atoms with Crippen molar-refractivity contribution in [3.63, 3.8) is 0 Å². The summed E-state index contributed by atoms with van der Waals surface area (Å²) < 4.78 is 8.87. The molecule has 0 aliphatic rings. The first-order valence-corrected chi connectivity index (χ1v) is 3.61. The van der Waals surface area contributed by atoms with Gasteiger partial charge in [-0.2, -0.15) is 0 Å². The van der Waals surface area contributed by atoms with Crippen molar-refractivity contribution >= 4 is 12.1 Å². The topological polar surface area (TPSA) is 105 Å². The number of ether oxygens (including phenoxy) is 2. The van der Waals surface area contributed by atoms with Crippen LogP contribution < -0.4 is 11.5 Å². The van der Waals surface area contributed by atoms with Crippen molar-refractivity contribution in [1.82, 2.24) is 0 Å². The molecule has 0 saturated carbocycles. The predicted octanol–water partition coefficient (Wildman–Crippen LogP) is -0.513. The molecule has 0 fully saturated rings. The SMILES string of the molecule is CCOC(=O)C=C(N)COC(N)=O. The zero-order valence-corrected chi connectivity index (χ0v) is 7.28. The lowest BCUT2D eigenvalue weighted by molar-refractivity contribution is -0.137. The van der Waals surface area contributed by atoms with Crippen LogP contribution >= 0.6 is 0 Å². The van der Waals surface area contributed by atoms with Crippen molar-refractivity contribution in [2.24, 2.45) is 11.5 Å². The van der Waals surface area contributed by atoms with E-state index in [-0.39, 0.29) is 18.9 Å². The molecule has 1 amide bonds. The van der Waals surface area contributed by atoms with Crippen molar-refractivity contribution in [3.8, 4) is 0 Å². The maximum atomic E-state index is 10.7. The van der Waals surface area contributed by atoms with E-state index >= 15 is 0 Å². The van der Waals surface area contributed by atoms with Crippen LogP contribution in [0.4, 0.5) is 4.79 Å². The molecule has 0 spiro atoms. The average Bonchev–Trinajstić information content (AvgIpc) is 2.01. The number of amides is 1. The summed E-state index contributed by atoms with van der Waals surface area (Å²) >= 11 is 0. The maximum Gasteiger partial charge on any atom is 0.404 e. The molecule has 0 radical (unpaired) electrons. The number of carbonyl (C=O) groups is 2. The van der Waals surface area contributed by atoms with Crippen LogP contribution in [0.3, 0.4) is 0 Å². The second-order valence-electron chi connectivity index (χ2n) is 2.08. The summed E-state index contributed by atoms with van der Waals surface area (Å²) in [7, 11) is 0. The molecule has 0 aromatic carbocycles.